The quantitative estimate of drug-likeness (QED) is 0.713. The lowest BCUT2D eigenvalue weighted by molar-refractivity contribution is -0.115. The molecule has 0 saturated carbocycles. The standard InChI is InChI=1S/C17H20N2O2/c18-15-8-6-14(7-9-15)12-17(21)19-16-5-1-3-13(11-16)4-2-10-20/h1,3,5-9,11,20H,2,4,10,12,18H2,(H,19,21). The minimum absolute atomic E-state index is 0.0564. The van der Waals surface area contributed by atoms with E-state index in [-0.39, 0.29) is 12.5 Å². The molecule has 0 saturated heterocycles. The molecule has 2 rings (SSSR count). The van der Waals surface area contributed by atoms with Crippen LogP contribution in [0.3, 0.4) is 0 Å². The third kappa shape index (κ3) is 4.93. The van der Waals surface area contributed by atoms with Crippen LogP contribution in [0.5, 0.6) is 0 Å². The van der Waals surface area contributed by atoms with Gasteiger partial charge in [-0.05, 0) is 48.2 Å². The Labute approximate surface area is 124 Å². The van der Waals surface area contributed by atoms with Gasteiger partial charge in [-0.3, -0.25) is 4.79 Å². The molecule has 0 fully saturated rings. The van der Waals surface area contributed by atoms with Gasteiger partial charge < -0.3 is 16.2 Å². The first-order chi connectivity index (χ1) is 10.2. The molecule has 0 spiro atoms. The van der Waals surface area contributed by atoms with Crippen LogP contribution < -0.4 is 11.1 Å². The highest BCUT2D eigenvalue weighted by molar-refractivity contribution is 5.92. The number of benzene rings is 2. The van der Waals surface area contributed by atoms with Crippen LogP contribution in [0.15, 0.2) is 48.5 Å². The summed E-state index contributed by atoms with van der Waals surface area (Å²) in [4.78, 5) is 12.0. The predicted octanol–water partition coefficient (Wildman–Crippen LogP) is 2.37. The summed E-state index contributed by atoms with van der Waals surface area (Å²) >= 11 is 0. The van der Waals surface area contributed by atoms with Crippen LogP contribution in [-0.4, -0.2) is 17.6 Å². The number of carbonyl (C=O) groups excluding carboxylic acids is 1. The van der Waals surface area contributed by atoms with Crippen molar-refractivity contribution in [2.24, 2.45) is 0 Å². The number of nitrogens with two attached hydrogens (primary N) is 1. The van der Waals surface area contributed by atoms with Crippen molar-refractivity contribution in [3.05, 3.63) is 59.7 Å². The van der Waals surface area contributed by atoms with E-state index < -0.39 is 0 Å². The summed E-state index contributed by atoms with van der Waals surface area (Å²) in [6, 6.07) is 15.0. The summed E-state index contributed by atoms with van der Waals surface area (Å²) in [5.74, 6) is -0.0564. The number of hydrogen-bond acceptors (Lipinski definition) is 3. The molecule has 2 aromatic rings. The van der Waals surface area contributed by atoms with Gasteiger partial charge >= 0.3 is 0 Å². The van der Waals surface area contributed by atoms with E-state index in [2.05, 4.69) is 5.32 Å². The average molecular weight is 284 g/mol. The van der Waals surface area contributed by atoms with Gasteiger partial charge in [0.05, 0.1) is 6.42 Å². The highest BCUT2D eigenvalue weighted by atomic mass is 16.2. The van der Waals surface area contributed by atoms with E-state index in [1.165, 1.54) is 0 Å². The minimum Gasteiger partial charge on any atom is -0.399 e. The molecular formula is C17H20N2O2. The van der Waals surface area contributed by atoms with Gasteiger partial charge in [0.15, 0.2) is 0 Å². The number of carbonyl (C=O) groups is 1. The monoisotopic (exact) mass is 284 g/mol. The normalized spacial score (nSPS) is 10.3. The molecule has 0 aliphatic rings. The predicted molar refractivity (Wildman–Crippen MR) is 85.0 cm³/mol. The number of aryl methyl sites for hydroxylation is 1. The lowest BCUT2D eigenvalue weighted by atomic mass is 10.1. The lowest BCUT2D eigenvalue weighted by Gasteiger charge is -2.07. The van der Waals surface area contributed by atoms with Gasteiger partial charge in [-0.25, -0.2) is 0 Å². The summed E-state index contributed by atoms with van der Waals surface area (Å²) in [5, 5.41) is 11.7. The van der Waals surface area contributed by atoms with Crippen molar-refractivity contribution < 1.29 is 9.90 Å². The summed E-state index contributed by atoms with van der Waals surface area (Å²) < 4.78 is 0. The van der Waals surface area contributed by atoms with Crippen molar-refractivity contribution in [2.45, 2.75) is 19.3 Å². The van der Waals surface area contributed by atoms with E-state index in [0.29, 0.717) is 12.1 Å². The maximum absolute atomic E-state index is 12.0. The third-order valence-corrected chi connectivity index (χ3v) is 3.18. The molecule has 0 aliphatic heterocycles. The molecule has 4 nitrogen and oxygen atoms in total. The second-order valence-electron chi connectivity index (χ2n) is 4.99. The van der Waals surface area contributed by atoms with Crippen molar-refractivity contribution in [3.8, 4) is 0 Å². The number of aliphatic hydroxyl groups is 1. The molecular weight excluding hydrogens is 264 g/mol. The lowest BCUT2D eigenvalue weighted by Crippen LogP contribution is -2.14. The van der Waals surface area contributed by atoms with E-state index in [9.17, 15) is 4.79 Å². The number of nitrogen functional groups attached to an aromatic ring is 1. The van der Waals surface area contributed by atoms with E-state index in [0.717, 1.165) is 29.7 Å². The van der Waals surface area contributed by atoms with Crippen molar-refractivity contribution in [2.75, 3.05) is 17.7 Å². The van der Waals surface area contributed by atoms with E-state index in [4.69, 9.17) is 10.8 Å². The Hall–Kier alpha value is -2.33. The van der Waals surface area contributed by atoms with Crippen molar-refractivity contribution in [3.63, 3.8) is 0 Å². The van der Waals surface area contributed by atoms with E-state index in [1.54, 1.807) is 12.1 Å². The average Bonchev–Trinajstić information content (AvgIpc) is 2.48. The maximum atomic E-state index is 12.0. The van der Waals surface area contributed by atoms with Crippen molar-refractivity contribution in [1.29, 1.82) is 0 Å². The number of aliphatic hydroxyl groups excluding tert-OH is 1. The highest BCUT2D eigenvalue weighted by Gasteiger charge is 2.04. The van der Waals surface area contributed by atoms with Crippen LogP contribution in [0, 0.1) is 0 Å². The summed E-state index contributed by atoms with van der Waals surface area (Å²) in [6.07, 6.45) is 1.85. The Morgan fingerprint density at radius 2 is 1.86 bits per heavy atom. The smallest absolute Gasteiger partial charge is 0.228 e. The van der Waals surface area contributed by atoms with Crippen LogP contribution in [0.1, 0.15) is 17.5 Å². The molecule has 0 bridgehead atoms. The zero-order chi connectivity index (χ0) is 15.1. The molecule has 0 radical (unpaired) electrons. The molecule has 0 heterocycles. The second kappa shape index (κ2) is 7.45. The van der Waals surface area contributed by atoms with E-state index in [1.807, 2.05) is 36.4 Å². The van der Waals surface area contributed by atoms with Gasteiger partial charge in [0.25, 0.3) is 0 Å². The van der Waals surface area contributed by atoms with Crippen LogP contribution in [0.25, 0.3) is 0 Å². The Morgan fingerprint density at radius 3 is 2.57 bits per heavy atom. The number of nitrogens with one attached hydrogen (secondary N) is 1. The zero-order valence-corrected chi connectivity index (χ0v) is 11.9. The topological polar surface area (TPSA) is 75.4 Å². The fourth-order valence-electron chi connectivity index (χ4n) is 2.11. The molecule has 0 atom stereocenters. The van der Waals surface area contributed by atoms with Gasteiger partial charge in [0, 0.05) is 18.0 Å². The van der Waals surface area contributed by atoms with Crippen molar-refractivity contribution >= 4 is 17.3 Å². The largest absolute Gasteiger partial charge is 0.399 e. The molecule has 0 unspecified atom stereocenters. The first-order valence-corrected chi connectivity index (χ1v) is 7.01. The van der Waals surface area contributed by atoms with Crippen LogP contribution in [0.4, 0.5) is 11.4 Å². The minimum atomic E-state index is -0.0564. The van der Waals surface area contributed by atoms with E-state index >= 15 is 0 Å². The maximum Gasteiger partial charge on any atom is 0.228 e. The Balaban J connectivity index is 1.94. The molecule has 4 N–H and O–H groups in total. The number of hydrogen-bond donors (Lipinski definition) is 3. The van der Waals surface area contributed by atoms with Crippen LogP contribution in [0.2, 0.25) is 0 Å². The van der Waals surface area contributed by atoms with Gasteiger partial charge in [-0.1, -0.05) is 24.3 Å². The van der Waals surface area contributed by atoms with Gasteiger partial charge in [0.2, 0.25) is 5.91 Å². The Morgan fingerprint density at radius 1 is 1.10 bits per heavy atom. The molecule has 0 aliphatic carbocycles. The zero-order valence-electron chi connectivity index (χ0n) is 11.9. The van der Waals surface area contributed by atoms with Gasteiger partial charge in [-0.15, -0.1) is 0 Å². The fourth-order valence-corrected chi connectivity index (χ4v) is 2.11. The summed E-state index contributed by atoms with van der Waals surface area (Å²) in [7, 11) is 0. The molecule has 21 heavy (non-hydrogen) atoms. The Bertz CT molecular complexity index is 594. The molecule has 4 heteroatoms. The first kappa shape index (κ1) is 15.1. The number of anilines is 2. The first-order valence-electron chi connectivity index (χ1n) is 7.01. The van der Waals surface area contributed by atoms with Crippen LogP contribution >= 0.6 is 0 Å². The van der Waals surface area contributed by atoms with Gasteiger partial charge in [0.1, 0.15) is 0 Å². The van der Waals surface area contributed by atoms with Gasteiger partial charge in [-0.2, -0.15) is 0 Å². The number of rotatable bonds is 6. The Kier molecular flexibility index (Phi) is 5.35. The van der Waals surface area contributed by atoms with Crippen LogP contribution in [-0.2, 0) is 17.6 Å². The highest BCUT2D eigenvalue weighted by Crippen LogP contribution is 2.13. The summed E-state index contributed by atoms with van der Waals surface area (Å²) in [5.41, 5.74) is 9.13. The molecule has 110 valence electrons. The molecule has 1 amide bonds. The number of amides is 1. The molecule has 0 aromatic heterocycles. The second-order valence-corrected chi connectivity index (χ2v) is 4.99. The SMILES string of the molecule is Nc1ccc(CC(=O)Nc2cccc(CCCO)c2)cc1. The molecule has 2 aromatic carbocycles. The fraction of sp³-hybridized carbons (Fsp3) is 0.235. The summed E-state index contributed by atoms with van der Waals surface area (Å²) in [6.45, 7) is 0.174. The third-order valence-electron chi connectivity index (χ3n) is 3.18. The van der Waals surface area contributed by atoms with Crippen molar-refractivity contribution in [1.82, 2.24) is 0 Å².